The number of nitrogens with zero attached hydrogens (tertiary/aromatic N) is 1. The maximum Gasteiger partial charge on any atom is 0.267 e. The summed E-state index contributed by atoms with van der Waals surface area (Å²) in [6, 6.07) is 11.4. The minimum Gasteiger partial charge on any atom is -0.366 e. The van der Waals surface area contributed by atoms with Crippen LogP contribution in [0, 0.1) is 0 Å². The van der Waals surface area contributed by atoms with Gasteiger partial charge in [-0.1, -0.05) is 0 Å². The number of rotatable bonds is 2. The lowest BCUT2D eigenvalue weighted by Crippen LogP contribution is -2.35. The van der Waals surface area contributed by atoms with Crippen LogP contribution >= 0.6 is 0 Å². The zero-order valence-electron chi connectivity index (χ0n) is 11.3. The predicted octanol–water partition coefficient (Wildman–Crippen LogP) is 0.587. The number of hydrogen-bond acceptors (Lipinski definition) is 4. The lowest BCUT2D eigenvalue weighted by molar-refractivity contribution is 0.0950. The largest absolute Gasteiger partial charge is 0.366 e. The Morgan fingerprint density at radius 3 is 1.55 bits per heavy atom. The van der Waals surface area contributed by atoms with Crippen LogP contribution < -0.4 is 16.9 Å². The van der Waals surface area contributed by atoms with Crippen LogP contribution in [0.2, 0.25) is 0 Å². The van der Waals surface area contributed by atoms with Crippen molar-refractivity contribution in [1.82, 2.24) is 4.57 Å². The monoisotopic (exact) mass is 294 g/mol. The molecule has 4 aromatic rings. The second kappa shape index (κ2) is 4.92. The van der Waals surface area contributed by atoms with E-state index in [4.69, 9.17) is 5.73 Å². The second-order valence-corrected chi connectivity index (χ2v) is 4.77. The van der Waals surface area contributed by atoms with E-state index >= 15 is 0 Å². The van der Waals surface area contributed by atoms with Crippen LogP contribution in [0.15, 0.2) is 58.1 Å². The highest BCUT2D eigenvalue weighted by molar-refractivity contribution is 5.98. The van der Waals surface area contributed by atoms with Crippen molar-refractivity contribution >= 4 is 22.6 Å². The molecule has 6 heteroatoms. The Balaban J connectivity index is 2.20. The maximum atomic E-state index is 12.5. The minimum absolute atomic E-state index is 0.120. The highest BCUT2D eigenvalue weighted by atomic mass is 16.2. The first kappa shape index (κ1) is 13.7. The molecule has 0 fully saturated rings. The fourth-order valence-corrected chi connectivity index (χ4v) is 2.20. The van der Waals surface area contributed by atoms with Gasteiger partial charge in [0.05, 0.1) is 0 Å². The van der Waals surface area contributed by atoms with E-state index in [0.717, 1.165) is 0 Å². The highest BCUT2D eigenvalue weighted by Gasteiger charge is 2.16. The Kier molecular flexibility index (Phi) is 3.06. The van der Waals surface area contributed by atoms with Gasteiger partial charge in [-0.25, -0.2) is 4.57 Å². The number of amides is 1. The van der Waals surface area contributed by atoms with Crippen LogP contribution in [0.4, 0.5) is 0 Å². The van der Waals surface area contributed by atoms with E-state index in [1.807, 2.05) is 0 Å². The smallest absolute Gasteiger partial charge is 0.267 e. The second-order valence-electron chi connectivity index (χ2n) is 4.77. The fourth-order valence-electron chi connectivity index (χ4n) is 2.20. The van der Waals surface area contributed by atoms with Gasteiger partial charge in [0.15, 0.2) is 0 Å². The van der Waals surface area contributed by atoms with Crippen molar-refractivity contribution < 1.29 is 9.59 Å². The first-order valence-electron chi connectivity index (χ1n) is 6.42. The van der Waals surface area contributed by atoms with Gasteiger partial charge in [0.25, 0.3) is 17.0 Å². The molecular weight excluding hydrogens is 284 g/mol. The average molecular weight is 294 g/mol. The quantitative estimate of drug-likeness (QED) is 0.747. The molecule has 0 atom stereocenters. The molecule has 2 N–H and O–H groups in total. The molecule has 2 bridgehead atoms. The molecule has 0 unspecified atom stereocenters. The topological polar surface area (TPSA) is 99.2 Å². The van der Waals surface area contributed by atoms with Crippen LogP contribution in [0.5, 0.6) is 0 Å². The van der Waals surface area contributed by atoms with Gasteiger partial charge in [0.2, 0.25) is 5.91 Å². The molecule has 0 radical (unpaired) electrons. The van der Waals surface area contributed by atoms with Crippen molar-refractivity contribution in [2.75, 3.05) is 0 Å². The summed E-state index contributed by atoms with van der Waals surface area (Å²) in [7, 11) is 0. The van der Waals surface area contributed by atoms with Crippen molar-refractivity contribution in [2.24, 2.45) is 5.73 Å². The van der Waals surface area contributed by atoms with Crippen molar-refractivity contribution in [3.05, 3.63) is 80.4 Å². The Labute approximate surface area is 123 Å². The van der Waals surface area contributed by atoms with Crippen molar-refractivity contribution in [3.8, 4) is 0 Å². The van der Waals surface area contributed by atoms with Gasteiger partial charge in [0.1, 0.15) is 0 Å². The molecule has 1 amide bonds. The molecule has 0 aliphatic carbocycles. The molecule has 2 aromatic heterocycles. The number of nitrogens with two attached hydrogens (primary N) is 1. The van der Waals surface area contributed by atoms with Crippen LogP contribution in [0.3, 0.4) is 0 Å². The van der Waals surface area contributed by atoms with E-state index < -0.39 is 22.9 Å². The lowest BCUT2D eigenvalue weighted by atomic mass is 10.1. The summed E-state index contributed by atoms with van der Waals surface area (Å²) in [4.78, 5) is 48.0. The third-order valence-electron chi connectivity index (χ3n) is 3.40. The molecular formula is C16H10N2O4. The number of fused-ring (bicyclic) bond motifs is 4. The molecule has 108 valence electrons. The zero-order valence-corrected chi connectivity index (χ0v) is 11.3. The fraction of sp³-hybridized carbons (Fsp3) is 0. The SMILES string of the molecule is NC(=O)c1ccc(C(=O)n2c(=O)c3ccc(cc3)c2=O)cc1. The van der Waals surface area contributed by atoms with Gasteiger partial charge in [-0.3, -0.25) is 19.2 Å². The Bertz CT molecular complexity index is 936. The first-order chi connectivity index (χ1) is 10.5. The van der Waals surface area contributed by atoms with Crippen molar-refractivity contribution in [3.63, 3.8) is 0 Å². The van der Waals surface area contributed by atoms with Gasteiger partial charge < -0.3 is 5.73 Å². The molecule has 0 spiro atoms. The number of benzene rings is 2. The molecule has 2 heterocycles. The lowest BCUT2D eigenvalue weighted by Gasteiger charge is -2.02. The van der Waals surface area contributed by atoms with Crippen LogP contribution in [-0.2, 0) is 0 Å². The summed E-state index contributed by atoms with van der Waals surface area (Å²) in [6.07, 6.45) is 0. The number of carbonyl (C=O) groups excluding carboxylic acids is 2. The molecule has 0 saturated carbocycles. The summed E-state index contributed by atoms with van der Waals surface area (Å²) < 4.78 is 0.601. The number of hydrogen-bond donors (Lipinski definition) is 1. The molecule has 6 nitrogen and oxygen atoms in total. The van der Waals surface area contributed by atoms with E-state index in [0.29, 0.717) is 4.57 Å². The zero-order chi connectivity index (χ0) is 15.9. The van der Waals surface area contributed by atoms with Crippen LogP contribution in [0.25, 0.3) is 10.8 Å². The summed E-state index contributed by atoms with van der Waals surface area (Å²) in [5.41, 5.74) is 4.14. The normalized spacial score (nSPS) is 10.7. The van der Waals surface area contributed by atoms with Gasteiger partial charge in [-0.05, 0) is 48.5 Å². The summed E-state index contributed by atoms with van der Waals surface area (Å²) in [6.45, 7) is 0. The molecule has 0 aliphatic heterocycles. The molecule has 0 saturated heterocycles. The first-order valence-corrected chi connectivity index (χ1v) is 6.42. The van der Waals surface area contributed by atoms with E-state index in [1.165, 1.54) is 48.5 Å². The maximum absolute atomic E-state index is 12.5. The molecule has 4 rings (SSSR count). The van der Waals surface area contributed by atoms with E-state index in [-0.39, 0.29) is 21.9 Å². The number of aromatic nitrogens is 1. The highest BCUT2D eigenvalue weighted by Crippen LogP contribution is 2.06. The van der Waals surface area contributed by atoms with E-state index in [2.05, 4.69) is 0 Å². The third-order valence-corrected chi connectivity index (χ3v) is 3.40. The van der Waals surface area contributed by atoms with Crippen LogP contribution in [-0.4, -0.2) is 16.4 Å². The molecule has 0 aliphatic rings. The summed E-state index contributed by atoms with van der Waals surface area (Å²) in [5, 5.41) is 0.522. The summed E-state index contributed by atoms with van der Waals surface area (Å²) >= 11 is 0. The van der Waals surface area contributed by atoms with Gasteiger partial charge >= 0.3 is 0 Å². The molecule has 2 aromatic carbocycles. The van der Waals surface area contributed by atoms with Gasteiger partial charge in [0, 0.05) is 21.9 Å². The minimum atomic E-state index is -0.742. The van der Waals surface area contributed by atoms with Gasteiger partial charge in [-0.15, -0.1) is 0 Å². The third kappa shape index (κ3) is 2.07. The average Bonchev–Trinajstić information content (AvgIpc) is 2.72. The van der Waals surface area contributed by atoms with Gasteiger partial charge in [-0.2, -0.15) is 0 Å². The number of carbonyl (C=O) groups is 2. The van der Waals surface area contributed by atoms with E-state index in [1.54, 1.807) is 0 Å². The predicted molar refractivity (Wildman–Crippen MR) is 80.4 cm³/mol. The number of primary amides is 1. The summed E-state index contributed by atoms with van der Waals surface area (Å²) in [5.74, 6) is -1.37. The Morgan fingerprint density at radius 1 is 0.727 bits per heavy atom. The standard InChI is InChI=1S/C16H10N2O4/c17-13(19)9-1-3-10(4-2-9)14(20)18-15(21)11-5-6-12(8-7-11)16(18)22/h1-8H,(H2,17,19). The van der Waals surface area contributed by atoms with E-state index in [9.17, 15) is 19.2 Å². The Hall–Kier alpha value is -3.28. The van der Waals surface area contributed by atoms with Crippen LogP contribution in [0.1, 0.15) is 20.7 Å². The molecule has 22 heavy (non-hydrogen) atoms. The Morgan fingerprint density at radius 2 is 1.14 bits per heavy atom. The van der Waals surface area contributed by atoms with Crippen molar-refractivity contribution in [2.45, 2.75) is 0 Å². The van der Waals surface area contributed by atoms with Crippen molar-refractivity contribution in [1.29, 1.82) is 0 Å².